The molecule has 0 bridgehead atoms. The topological polar surface area (TPSA) is 101 Å². The van der Waals surface area contributed by atoms with Crippen molar-refractivity contribution in [1.29, 1.82) is 0 Å². The van der Waals surface area contributed by atoms with E-state index in [0.29, 0.717) is 0 Å². The second-order valence-corrected chi connectivity index (χ2v) is 9.50. The van der Waals surface area contributed by atoms with Gasteiger partial charge in [0.15, 0.2) is 6.61 Å². The maximum absolute atomic E-state index is 11.8. The molecular formula is C18H20F6Na2O6S4. The Labute approximate surface area is 262 Å². The van der Waals surface area contributed by atoms with Crippen molar-refractivity contribution in [2.45, 2.75) is 36.0 Å². The molecule has 0 N–H and O–H groups in total. The summed E-state index contributed by atoms with van der Waals surface area (Å²) in [6.07, 6.45) is -8.76. The van der Waals surface area contributed by atoms with Crippen molar-refractivity contribution in [2.75, 3.05) is 12.4 Å². The number of aryl methyl sites for hydroxylation is 2. The average molecular weight is 621 g/mol. The first kappa shape index (κ1) is 43.6. The van der Waals surface area contributed by atoms with Crippen LogP contribution in [0.5, 0.6) is 0 Å². The van der Waals surface area contributed by atoms with Crippen molar-refractivity contribution in [3.8, 4) is 0 Å². The maximum atomic E-state index is 11.8. The molecule has 0 aliphatic carbocycles. The predicted octanol–water partition coefficient (Wildman–Crippen LogP) is -1.62. The summed E-state index contributed by atoms with van der Waals surface area (Å²) < 4.78 is 125. The summed E-state index contributed by atoms with van der Waals surface area (Å²) in [6.45, 7) is 1.73. The van der Waals surface area contributed by atoms with Crippen LogP contribution in [0.4, 0.5) is 26.3 Å². The Morgan fingerprint density at radius 2 is 1.06 bits per heavy atom. The molecule has 0 unspecified atom stereocenters. The standard InChI is InChI=1S/C9H9F3O3S.C7H8O3S.C2H3F3S.2Na.H2S/c1-7-2-4-8(5-3-7)16(13,14)15-6-9(10,11)12;1-6-2-4-7(5-3-6)11(8,9)10;3-2(4,5)1-6;;;/h2-5H,6H2,1H3;2-5H,1H3,(H,8,9,10);6H,1H2;;;1H2/q;;;2*+1;/p-2. The second kappa shape index (κ2) is 18.8. The van der Waals surface area contributed by atoms with Crippen molar-refractivity contribution in [1.82, 2.24) is 0 Å². The minimum atomic E-state index is -4.67. The van der Waals surface area contributed by atoms with Crippen LogP contribution in [0.25, 0.3) is 0 Å². The van der Waals surface area contributed by atoms with E-state index in [1.165, 1.54) is 36.4 Å². The van der Waals surface area contributed by atoms with Crippen LogP contribution in [0.3, 0.4) is 0 Å². The molecule has 0 amide bonds. The van der Waals surface area contributed by atoms with Crippen LogP contribution < -0.4 is 59.1 Å². The normalized spacial score (nSPS) is 11.2. The number of thiol groups is 2. The largest absolute Gasteiger partial charge is 1.00 e. The fraction of sp³-hybridized carbons (Fsp3) is 0.333. The first-order chi connectivity index (χ1) is 14.8. The first-order valence-electron chi connectivity index (χ1n) is 8.50. The van der Waals surface area contributed by atoms with Crippen LogP contribution in [-0.2, 0) is 37.9 Å². The molecule has 0 radical (unpaired) electrons. The predicted molar refractivity (Wildman–Crippen MR) is 118 cm³/mol. The molecule has 0 heterocycles. The summed E-state index contributed by atoms with van der Waals surface area (Å²) in [5.41, 5.74) is 1.73. The Balaban J connectivity index is -0.000000225. The van der Waals surface area contributed by atoms with Crippen LogP contribution in [0.1, 0.15) is 11.1 Å². The SMILES string of the molecule is Cc1ccc(S(=O)(=O)OCC(F)(F)F)cc1.Cc1ccc(S(=O)(=O)[O-])cc1.FC(F)(F)CS.[Na+].[Na+].[SH-]. The molecule has 196 valence electrons. The van der Waals surface area contributed by atoms with E-state index in [1.807, 2.05) is 6.92 Å². The van der Waals surface area contributed by atoms with Crippen molar-refractivity contribution < 1.29 is 111 Å². The number of benzene rings is 2. The van der Waals surface area contributed by atoms with E-state index in [2.05, 4.69) is 16.8 Å². The molecule has 6 nitrogen and oxygen atoms in total. The van der Waals surface area contributed by atoms with Gasteiger partial charge in [0.1, 0.15) is 10.1 Å². The van der Waals surface area contributed by atoms with Gasteiger partial charge in [-0.05, 0) is 38.1 Å². The van der Waals surface area contributed by atoms with Gasteiger partial charge in [0, 0.05) is 0 Å². The first-order valence-corrected chi connectivity index (χ1v) is 11.9. The van der Waals surface area contributed by atoms with Gasteiger partial charge in [-0.25, -0.2) is 8.42 Å². The fourth-order valence-electron chi connectivity index (χ4n) is 1.62. The molecule has 0 atom stereocenters. The number of alkyl halides is 6. The molecule has 0 saturated carbocycles. The van der Waals surface area contributed by atoms with E-state index in [4.69, 9.17) is 0 Å². The van der Waals surface area contributed by atoms with Crippen molar-refractivity contribution in [3.05, 3.63) is 59.7 Å². The molecule has 0 saturated heterocycles. The molecule has 2 aromatic carbocycles. The Morgan fingerprint density at radius 3 is 1.31 bits per heavy atom. The smallest absolute Gasteiger partial charge is 0.813 e. The van der Waals surface area contributed by atoms with Crippen LogP contribution in [0.15, 0.2) is 58.3 Å². The van der Waals surface area contributed by atoms with E-state index >= 15 is 0 Å². The summed E-state index contributed by atoms with van der Waals surface area (Å²) in [4.78, 5) is -0.467. The Hall–Kier alpha value is 0.540. The van der Waals surface area contributed by atoms with E-state index in [1.54, 1.807) is 19.1 Å². The van der Waals surface area contributed by atoms with E-state index in [9.17, 15) is 47.7 Å². The molecule has 0 aliphatic heterocycles. The maximum Gasteiger partial charge on any atom is 1.00 e. The van der Waals surface area contributed by atoms with Crippen LogP contribution >= 0.6 is 12.6 Å². The quantitative estimate of drug-likeness (QED) is 0.110. The molecule has 0 aromatic heterocycles. The molecule has 2 aromatic rings. The van der Waals surface area contributed by atoms with Gasteiger partial charge in [0.05, 0.1) is 15.5 Å². The molecule has 0 fully saturated rings. The van der Waals surface area contributed by atoms with Crippen LogP contribution in [0, 0.1) is 13.8 Å². The average Bonchev–Trinajstić information content (AvgIpc) is 2.66. The zero-order valence-corrected chi connectivity index (χ0v) is 26.9. The zero-order valence-electron chi connectivity index (χ0n) is 19.5. The van der Waals surface area contributed by atoms with Gasteiger partial charge in [-0.3, -0.25) is 4.18 Å². The molecule has 36 heavy (non-hydrogen) atoms. The van der Waals surface area contributed by atoms with Crippen LogP contribution in [0.2, 0.25) is 0 Å². The summed E-state index contributed by atoms with van der Waals surface area (Å²) in [7, 11) is -8.60. The van der Waals surface area contributed by atoms with E-state index in [-0.39, 0.29) is 82.4 Å². The minimum absolute atomic E-state index is 0. The van der Waals surface area contributed by atoms with Gasteiger partial charge in [-0.1, -0.05) is 35.4 Å². The van der Waals surface area contributed by atoms with E-state index < -0.39 is 44.9 Å². The Kier molecular flexibility index (Phi) is 22.7. The van der Waals surface area contributed by atoms with Gasteiger partial charge >= 0.3 is 71.5 Å². The van der Waals surface area contributed by atoms with Gasteiger partial charge in [0.25, 0.3) is 10.1 Å². The number of halogens is 6. The molecule has 18 heteroatoms. The van der Waals surface area contributed by atoms with Crippen LogP contribution in [-0.4, -0.2) is 46.1 Å². The minimum Gasteiger partial charge on any atom is -0.813 e. The zero-order chi connectivity index (χ0) is 26.1. The van der Waals surface area contributed by atoms with Crippen molar-refractivity contribution in [3.63, 3.8) is 0 Å². The van der Waals surface area contributed by atoms with Crippen molar-refractivity contribution >= 4 is 46.4 Å². The van der Waals surface area contributed by atoms with Crippen molar-refractivity contribution in [2.24, 2.45) is 0 Å². The fourth-order valence-corrected chi connectivity index (χ4v) is 2.99. The van der Waals surface area contributed by atoms with Gasteiger partial charge in [-0.15, -0.1) is 0 Å². The summed E-state index contributed by atoms with van der Waals surface area (Å²) >= 11 is 2.98. The van der Waals surface area contributed by atoms with Gasteiger partial charge < -0.3 is 18.0 Å². The summed E-state index contributed by atoms with van der Waals surface area (Å²) in [6, 6.07) is 11.1. The molecule has 0 spiro atoms. The number of rotatable bonds is 4. The molecule has 0 aliphatic rings. The Bertz CT molecular complexity index is 1080. The Morgan fingerprint density at radius 1 is 0.750 bits per heavy atom. The molecular weight excluding hydrogens is 600 g/mol. The third kappa shape index (κ3) is 21.5. The third-order valence-electron chi connectivity index (χ3n) is 3.18. The number of hydrogen-bond donors (Lipinski definition) is 1. The summed E-state index contributed by atoms with van der Waals surface area (Å²) in [5, 5.41) is 0. The third-order valence-corrected chi connectivity index (χ3v) is 5.66. The van der Waals surface area contributed by atoms with E-state index in [0.717, 1.165) is 11.1 Å². The molecule has 2 rings (SSSR count). The van der Waals surface area contributed by atoms with Gasteiger partial charge in [-0.2, -0.15) is 47.4 Å². The second-order valence-electron chi connectivity index (χ2n) is 6.19. The monoisotopic (exact) mass is 620 g/mol. The van der Waals surface area contributed by atoms with Gasteiger partial charge in [0.2, 0.25) is 0 Å². The summed E-state index contributed by atoms with van der Waals surface area (Å²) in [5.74, 6) is -1.03. The number of hydrogen-bond acceptors (Lipinski definition) is 8.